The van der Waals surface area contributed by atoms with Crippen molar-refractivity contribution in [3.05, 3.63) is 98.0 Å². The van der Waals surface area contributed by atoms with Crippen molar-refractivity contribution in [1.82, 2.24) is 45.5 Å². The number of hydrogen-bond donors (Lipinski definition) is 3. The predicted octanol–water partition coefficient (Wildman–Crippen LogP) is 8.65. The van der Waals surface area contributed by atoms with E-state index in [2.05, 4.69) is 126 Å². The van der Waals surface area contributed by atoms with E-state index in [-0.39, 0.29) is 42.2 Å². The van der Waals surface area contributed by atoms with Crippen molar-refractivity contribution in [1.29, 1.82) is 0 Å². The van der Waals surface area contributed by atoms with Gasteiger partial charge in [0.05, 0.1) is 74.5 Å². The second-order valence-corrected chi connectivity index (χ2v) is 23.9. The summed E-state index contributed by atoms with van der Waals surface area (Å²) in [5, 5.41) is 9.58. The molecule has 0 bridgehead atoms. The molecule has 3 aliphatic heterocycles. The van der Waals surface area contributed by atoms with Crippen molar-refractivity contribution in [3.8, 4) is 40.9 Å². The summed E-state index contributed by atoms with van der Waals surface area (Å²) in [5.41, 5.74) is 8.31. The number of morpholine rings is 3. The molecule has 3 aromatic carbocycles. The molecule has 2 amide bonds. The molecule has 3 N–H and O–H groups in total. The Morgan fingerprint density at radius 3 is 1.19 bits per heavy atom. The van der Waals surface area contributed by atoms with E-state index >= 15 is 0 Å². The number of amides is 2. The van der Waals surface area contributed by atoms with Gasteiger partial charge in [-0.05, 0) is 139 Å². The third-order valence-corrected chi connectivity index (χ3v) is 17.5. The van der Waals surface area contributed by atoms with Crippen LogP contribution in [0.5, 0.6) is 17.2 Å². The summed E-state index contributed by atoms with van der Waals surface area (Å²) in [6, 6.07) is 19.3. The minimum absolute atomic E-state index is 0.102. The number of fused-ring (bicyclic) bond motifs is 3. The van der Waals surface area contributed by atoms with Gasteiger partial charge in [-0.2, -0.15) is 0 Å². The average molecular weight is 1220 g/mol. The molecule has 7 aliphatic rings. The monoisotopic (exact) mass is 1220 g/mol. The molecule has 0 radical (unpaired) electrons. The van der Waals surface area contributed by atoms with Crippen LogP contribution in [-0.2, 0) is 23.8 Å². The smallest absolute Gasteiger partial charge is 0.296 e. The zero-order valence-corrected chi connectivity index (χ0v) is 51.4. The lowest BCUT2D eigenvalue weighted by Gasteiger charge is -2.31. The molecule has 4 saturated carbocycles. The number of carbonyl (C=O) groups is 2. The fourth-order valence-corrected chi connectivity index (χ4v) is 12.5. The fourth-order valence-electron chi connectivity index (χ4n) is 12.5. The van der Waals surface area contributed by atoms with Crippen LogP contribution in [-0.4, -0.2) is 162 Å². The molecule has 21 heteroatoms. The second kappa shape index (κ2) is 30.7. The molecule has 7 fully saturated rings. The minimum atomic E-state index is -0.198. The Hall–Kier alpha value is -8.63. The van der Waals surface area contributed by atoms with E-state index in [0.717, 1.165) is 242 Å². The van der Waals surface area contributed by atoms with Crippen LogP contribution in [0, 0.1) is 29.6 Å². The first-order chi connectivity index (χ1) is 44.3. The highest BCUT2D eigenvalue weighted by Gasteiger charge is 2.29. The molecule has 90 heavy (non-hydrogen) atoms. The van der Waals surface area contributed by atoms with Gasteiger partial charge >= 0.3 is 0 Å². The number of nitrogens with one attached hydrogen (secondary N) is 3. The maximum Gasteiger partial charge on any atom is 0.296 e. The molecule has 4 aliphatic carbocycles. The lowest BCUT2D eigenvalue weighted by atomic mass is 9.93. The molecule has 0 unspecified atom stereocenters. The number of aromatic nitrogens is 7. The molecular weight excluding hydrogens is 1140 g/mol. The predicted molar refractivity (Wildman–Crippen MR) is 346 cm³/mol. The second-order valence-electron chi connectivity index (χ2n) is 23.9. The molecule has 21 nitrogen and oxygen atoms in total. The van der Waals surface area contributed by atoms with Gasteiger partial charge in [0.2, 0.25) is 0 Å². The summed E-state index contributed by atoms with van der Waals surface area (Å²) in [6.07, 6.45) is 26.1. The number of carbonyl (C=O) groups excluding carboxylic acids is 2. The lowest BCUT2D eigenvalue weighted by Crippen LogP contribution is -2.39. The highest BCUT2D eigenvalue weighted by molar-refractivity contribution is 5.94. The molecule has 7 heterocycles. The van der Waals surface area contributed by atoms with Crippen LogP contribution in [0.25, 0.3) is 33.1 Å². The van der Waals surface area contributed by atoms with Gasteiger partial charge in [-0.15, -0.1) is 0 Å². The quantitative estimate of drug-likeness (QED) is 0.0918. The first-order valence-electron chi connectivity index (χ1n) is 32.3. The molecule has 0 spiro atoms. The van der Waals surface area contributed by atoms with Crippen LogP contribution in [0.1, 0.15) is 96.8 Å². The summed E-state index contributed by atoms with van der Waals surface area (Å²) in [7, 11) is 0. The summed E-state index contributed by atoms with van der Waals surface area (Å²) < 4.78 is 35.8. The van der Waals surface area contributed by atoms with Gasteiger partial charge < -0.3 is 59.1 Å². The topological polar surface area (TPSA) is 226 Å². The van der Waals surface area contributed by atoms with Gasteiger partial charge in [0.15, 0.2) is 0 Å². The van der Waals surface area contributed by atoms with Crippen molar-refractivity contribution in [2.75, 3.05) is 98.9 Å². The fraction of sp³-hybridized carbons (Fsp3) is 0.493. The van der Waals surface area contributed by atoms with Crippen LogP contribution in [0.15, 0.2) is 98.0 Å². The van der Waals surface area contributed by atoms with E-state index in [1.807, 2.05) is 24.4 Å². The molecule has 4 aromatic heterocycles. The molecule has 0 atom stereocenters. The molecule has 470 valence electrons. The third kappa shape index (κ3) is 17.0. The molecule has 7 aromatic rings. The maximum absolute atomic E-state index is 12.0. The molecular formula is C69H81N13O8. The van der Waals surface area contributed by atoms with Crippen molar-refractivity contribution in [3.63, 3.8) is 0 Å². The van der Waals surface area contributed by atoms with Gasteiger partial charge in [0, 0.05) is 142 Å². The number of benzene rings is 3. The number of ether oxygens (including phenoxy) is 6. The Bertz CT molecular complexity index is 3650. The summed E-state index contributed by atoms with van der Waals surface area (Å²) in [4.78, 5) is 62.1. The van der Waals surface area contributed by atoms with Gasteiger partial charge in [-0.1, -0.05) is 17.9 Å². The SMILES string of the molecule is CC#CC(=O)NC1CCC(Oc2cc(N3CCOCC3)cc3nccnc23)CC1.O=C(C#CC1CC1)NC1CCC(Oc2cc(N3CCOCC3)cc3nccnc23)CC1.c1ccc(NC2CCC(Oc3cc(N4CCOCC4)cc4nccnc34)CC2)nc1. The standard InChI is InChI=1S/C24H28N4O3.C23H27N5O2.C22H26N4O3/c29-23(8-3-17-1-2-17)27-18-4-6-20(7-5-18)31-22-16-19(28-11-13-30-14-12-28)15-21-24(22)26-10-9-25-21;1-2-8-25-22(3-1)27-17-4-6-19(7-5-17)30-21-16-18(28-11-13-29-14-12-28)15-20-23(21)26-10-9-24-20;1-2-3-21(27)25-16-4-6-18(7-5-16)29-20-15-17(26-10-12-28-13-11-26)14-19-22(20)24-9-8-23-19/h9-10,15-18,20H,1-2,4-7,11-14H2,(H,27,29);1-3,8-10,15-17,19H,4-7,11-14H2,(H,25,27);8-9,14-16,18H,4-7,10-13H2,1H3,(H,25,27). The highest BCUT2D eigenvalue weighted by Crippen LogP contribution is 2.37. The summed E-state index contributed by atoms with van der Waals surface area (Å²) in [5.74, 6) is 14.4. The zero-order valence-electron chi connectivity index (χ0n) is 51.4. The van der Waals surface area contributed by atoms with E-state index in [9.17, 15) is 9.59 Å². The molecule has 3 saturated heterocycles. The van der Waals surface area contributed by atoms with Crippen molar-refractivity contribution >= 4 is 67.8 Å². The third-order valence-electron chi connectivity index (χ3n) is 17.5. The van der Waals surface area contributed by atoms with E-state index in [1.165, 1.54) is 0 Å². The maximum atomic E-state index is 12.0. The van der Waals surface area contributed by atoms with Crippen LogP contribution >= 0.6 is 0 Å². The van der Waals surface area contributed by atoms with Gasteiger partial charge in [0.1, 0.15) is 39.6 Å². The van der Waals surface area contributed by atoms with Crippen molar-refractivity contribution in [2.45, 2.75) is 133 Å². The van der Waals surface area contributed by atoms with Crippen LogP contribution in [0.2, 0.25) is 0 Å². The van der Waals surface area contributed by atoms with Crippen LogP contribution in [0.4, 0.5) is 22.9 Å². The molecule has 14 rings (SSSR count). The minimum Gasteiger partial charge on any atom is -0.488 e. The van der Waals surface area contributed by atoms with E-state index < -0.39 is 0 Å². The van der Waals surface area contributed by atoms with Gasteiger partial charge in [0.25, 0.3) is 11.8 Å². The number of hydrogen-bond acceptors (Lipinski definition) is 19. The number of pyridine rings is 1. The number of rotatable bonds is 13. The average Bonchev–Trinajstić information content (AvgIpc) is 1.28. The van der Waals surface area contributed by atoms with E-state index in [1.54, 1.807) is 44.1 Å². The van der Waals surface area contributed by atoms with Crippen LogP contribution < -0.4 is 44.9 Å². The Morgan fingerprint density at radius 1 is 0.444 bits per heavy atom. The van der Waals surface area contributed by atoms with Gasteiger partial charge in [-0.3, -0.25) is 24.5 Å². The highest BCUT2D eigenvalue weighted by atomic mass is 16.5. The van der Waals surface area contributed by atoms with Crippen molar-refractivity contribution in [2.24, 2.45) is 5.92 Å². The number of nitrogens with zero attached hydrogens (tertiary/aromatic N) is 10. The summed E-state index contributed by atoms with van der Waals surface area (Å²) in [6.45, 7) is 11.3. The van der Waals surface area contributed by atoms with E-state index in [0.29, 0.717) is 12.0 Å². The summed E-state index contributed by atoms with van der Waals surface area (Å²) >= 11 is 0. The van der Waals surface area contributed by atoms with Crippen molar-refractivity contribution < 1.29 is 38.0 Å². The zero-order chi connectivity index (χ0) is 61.3. The number of anilines is 4. The largest absolute Gasteiger partial charge is 0.488 e. The van der Waals surface area contributed by atoms with Crippen LogP contribution in [0.3, 0.4) is 0 Å². The normalized spacial score (nSPS) is 22.6. The first-order valence-corrected chi connectivity index (χ1v) is 32.3. The van der Waals surface area contributed by atoms with Gasteiger partial charge in [-0.25, -0.2) is 19.9 Å². The first kappa shape index (κ1) is 61.6. The Labute approximate surface area is 526 Å². The van der Waals surface area contributed by atoms with E-state index in [4.69, 9.17) is 28.4 Å². The Kier molecular flexibility index (Phi) is 21.0. The lowest BCUT2D eigenvalue weighted by molar-refractivity contribution is -0.117. The Balaban J connectivity index is 0.000000131. The Morgan fingerprint density at radius 2 is 0.822 bits per heavy atom.